The quantitative estimate of drug-likeness (QED) is 0.628. The zero-order valence-electron chi connectivity index (χ0n) is 10.5. The molecule has 1 atom stereocenters. The van der Waals surface area contributed by atoms with Gasteiger partial charge in [0, 0.05) is 13.2 Å². The van der Waals surface area contributed by atoms with Crippen molar-refractivity contribution >= 4 is 0 Å². The molecule has 0 aromatic rings. The maximum absolute atomic E-state index is 8.84. The lowest BCUT2D eigenvalue weighted by molar-refractivity contribution is 0.164. The molecule has 0 saturated heterocycles. The Bertz CT molecular complexity index is 196. The summed E-state index contributed by atoms with van der Waals surface area (Å²) in [6.07, 6.45) is 3.07. The number of hydrogen-bond donors (Lipinski definition) is 1. The highest BCUT2D eigenvalue weighted by atomic mass is 16.5. The molecule has 3 heteroatoms. The Morgan fingerprint density at radius 3 is 2.60 bits per heavy atom. The highest BCUT2D eigenvalue weighted by Crippen LogP contribution is 2.19. The van der Waals surface area contributed by atoms with E-state index in [1.54, 1.807) is 7.11 Å². The van der Waals surface area contributed by atoms with E-state index in [9.17, 15) is 0 Å². The summed E-state index contributed by atoms with van der Waals surface area (Å²) in [5, 5.41) is 12.3. The summed E-state index contributed by atoms with van der Waals surface area (Å²) in [6, 6.07) is 2.76. The molecule has 0 spiro atoms. The first-order valence-electron chi connectivity index (χ1n) is 5.69. The van der Waals surface area contributed by atoms with E-state index in [1.807, 2.05) is 13.8 Å². The molecule has 0 aromatic heterocycles. The third kappa shape index (κ3) is 7.35. The molecule has 0 aromatic carbocycles. The Morgan fingerprint density at radius 1 is 1.47 bits per heavy atom. The SMILES string of the molecule is CCC(COC)NCCCC(C)(C)C#N. The highest BCUT2D eigenvalue weighted by molar-refractivity contribution is 4.91. The Labute approximate surface area is 93.8 Å². The third-order valence-electron chi connectivity index (χ3n) is 2.57. The second-order valence-electron chi connectivity index (χ2n) is 4.61. The molecule has 0 saturated carbocycles. The normalized spacial score (nSPS) is 13.5. The first-order chi connectivity index (χ1) is 7.05. The minimum Gasteiger partial charge on any atom is -0.383 e. The molecule has 0 rings (SSSR count). The van der Waals surface area contributed by atoms with Gasteiger partial charge in [-0.2, -0.15) is 5.26 Å². The van der Waals surface area contributed by atoms with E-state index in [4.69, 9.17) is 10.00 Å². The summed E-state index contributed by atoms with van der Waals surface area (Å²) in [6.45, 7) is 7.85. The number of rotatable bonds is 8. The molecule has 0 amide bonds. The molecule has 1 unspecified atom stereocenters. The van der Waals surface area contributed by atoms with Crippen molar-refractivity contribution in [2.24, 2.45) is 5.41 Å². The van der Waals surface area contributed by atoms with Crippen molar-refractivity contribution in [2.45, 2.75) is 46.1 Å². The van der Waals surface area contributed by atoms with Gasteiger partial charge in [-0.05, 0) is 39.7 Å². The third-order valence-corrected chi connectivity index (χ3v) is 2.57. The van der Waals surface area contributed by atoms with Crippen molar-refractivity contribution in [1.29, 1.82) is 5.26 Å². The average Bonchev–Trinajstić information content (AvgIpc) is 2.22. The van der Waals surface area contributed by atoms with Crippen LogP contribution in [-0.4, -0.2) is 26.3 Å². The smallest absolute Gasteiger partial charge is 0.0683 e. The van der Waals surface area contributed by atoms with Crippen LogP contribution in [0.3, 0.4) is 0 Å². The topological polar surface area (TPSA) is 45.0 Å². The standard InChI is InChI=1S/C12H24N2O/c1-5-11(9-15-4)14-8-6-7-12(2,3)10-13/h11,14H,5-9H2,1-4H3. The van der Waals surface area contributed by atoms with E-state index < -0.39 is 0 Å². The van der Waals surface area contributed by atoms with Crippen LogP contribution in [-0.2, 0) is 4.74 Å². The van der Waals surface area contributed by atoms with E-state index in [0.717, 1.165) is 32.4 Å². The molecule has 0 bridgehead atoms. The highest BCUT2D eigenvalue weighted by Gasteiger charge is 2.15. The summed E-state index contributed by atoms with van der Waals surface area (Å²) in [5.41, 5.74) is -0.190. The molecule has 88 valence electrons. The first kappa shape index (κ1) is 14.4. The van der Waals surface area contributed by atoms with E-state index >= 15 is 0 Å². The van der Waals surface area contributed by atoms with Gasteiger partial charge in [0.2, 0.25) is 0 Å². The molecule has 3 nitrogen and oxygen atoms in total. The summed E-state index contributed by atoms with van der Waals surface area (Å²) in [5.74, 6) is 0. The fourth-order valence-corrected chi connectivity index (χ4v) is 1.41. The maximum atomic E-state index is 8.84. The molecular weight excluding hydrogens is 188 g/mol. The number of methoxy groups -OCH3 is 1. The van der Waals surface area contributed by atoms with E-state index in [-0.39, 0.29) is 5.41 Å². The lowest BCUT2D eigenvalue weighted by atomic mass is 9.90. The molecule has 0 heterocycles. The first-order valence-corrected chi connectivity index (χ1v) is 5.69. The molecule has 0 aliphatic carbocycles. The van der Waals surface area contributed by atoms with Gasteiger partial charge >= 0.3 is 0 Å². The van der Waals surface area contributed by atoms with Crippen LogP contribution in [0.2, 0.25) is 0 Å². The second-order valence-corrected chi connectivity index (χ2v) is 4.61. The summed E-state index contributed by atoms with van der Waals surface area (Å²) >= 11 is 0. The van der Waals surface area contributed by atoms with Gasteiger partial charge in [0.15, 0.2) is 0 Å². The van der Waals surface area contributed by atoms with Crippen LogP contribution in [0.15, 0.2) is 0 Å². The predicted molar refractivity (Wildman–Crippen MR) is 62.6 cm³/mol. The molecule has 0 fully saturated rings. The number of ether oxygens (including phenoxy) is 1. The van der Waals surface area contributed by atoms with Gasteiger partial charge in [0.1, 0.15) is 0 Å². The van der Waals surface area contributed by atoms with Gasteiger partial charge in [0.25, 0.3) is 0 Å². The van der Waals surface area contributed by atoms with Crippen LogP contribution in [0.1, 0.15) is 40.0 Å². The summed E-state index contributed by atoms with van der Waals surface area (Å²) in [4.78, 5) is 0. The van der Waals surface area contributed by atoms with Crippen molar-refractivity contribution in [3.05, 3.63) is 0 Å². The number of nitrogens with one attached hydrogen (secondary N) is 1. The Balaban J connectivity index is 3.57. The molecular formula is C12H24N2O. The molecule has 15 heavy (non-hydrogen) atoms. The number of nitriles is 1. The Hall–Kier alpha value is -0.590. The average molecular weight is 212 g/mol. The van der Waals surface area contributed by atoms with Crippen LogP contribution in [0, 0.1) is 16.7 Å². The number of hydrogen-bond acceptors (Lipinski definition) is 3. The van der Waals surface area contributed by atoms with Gasteiger partial charge in [-0.1, -0.05) is 6.92 Å². The Morgan fingerprint density at radius 2 is 2.13 bits per heavy atom. The fourth-order valence-electron chi connectivity index (χ4n) is 1.41. The van der Waals surface area contributed by atoms with Crippen LogP contribution < -0.4 is 5.32 Å². The Kier molecular flexibility index (Phi) is 7.37. The maximum Gasteiger partial charge on any atom is 0.0683 e. The van der Waals surface area contributed by atoms with Gasteiger partial charge in [-0.3, -0.25) is 0 Å². The fraction of sp³-hybridized carbons (Fsp3) is 0.917. The zero-order chi connectivity index (χ0) is 11.7. The van der Waals surface area contributed by atoms with Crippen LogP contribution >= 0.6 is 0 Å². The number of nitrogens with zero attached hydrogens (tertiary/aromatic N) is 1. The molecule has 0 radical (unpaired) electrons. The second kappa shape index (κ2) is 7.67. The molecule has 0 aliphatic heterocycles. The minimum absolute atomic E-state index is 0.190. The van der Waals surface area contributed by atoms with E-state index in [0.29, 0.717) is 6.04 Å². The van der Waals surface area contributed by atoms with Gasteiger partial charge < -0.3 is 10.1 Å². The zero-order valence-corrected chi connectivity index (χ0v) is 10.5. The van der Waals surface area contributed by atoms with Crippen molar-refractivity contribution in [3.63, 3.8) is 0 Å². The lowest BCUT2D eigenvalue weighted by Gasteiger charge is -2.18. The van der Waals surface area contributed by atoms with Crippen molar-refractivity contribution in [1.82, 2.24) is 5.32 Å². The van der Waals surface area contributed by atoms with E-state index in [1.165, 1.54) is 0 Å². The monoisotopic (exact) mass is 212 g/mol. The van der Waals surface area contributed by atoms with Gasteiger partial charge in [-0.15, -0.1) is 0 Å². The summed E-state index contributed by atoms with van der Waals surface area (Å²) in [7, 11) is 1.73. The van der Waals surface area contributed by atoms with Crippen LogP contribution in [0.4, 0.5) is 0 Å². The van der Waals surface area contributed by atoms with Crippen LogP contribution in [0.25, 0.3) is 0 Å². The lowest BCUT2D eigenvalue weighted by Crippen LogP contribution is -2.33. The van der Waals surface area contributed by atoms with Gasteiger partial charge in [0.05, 0.1) is 18.1 Å². The van der Waals surface area contributed by atoms with Crippen molar-refractivity contribution in [3.8, 4) is 6.07 Å². The minimum atomic E-state index is -0.190. The van der Waals surface area contributed by atoms with Crippen molar-refractivity contribution < 1.29 is 4.74 Å². The van der Waals surface area contributed by atoms with Crippen LogP contribution in [0.5, 0.6) is 0 Å². The predicted octanol–water partition coefficient (Wildman–Crippen LogP) is 2.33. The van der Waals surface area contributed by atoms with Gasteiger partial charge in [-0.25, -0.2) is 0 Å². The van der Waals surface area contributed by atoms with E-state index in [2.05, 4.69) is 18.3 Å². The largest absolute Gasteiger partial charge is 0.383 e. The summed E-state index contributed by atoms with van der Waals surface area (Å²) < 4.78 is 5.10. The molecule has 0 aliphatic rings. The molecule has 1 N–H and O–H groups in total. The van der Waals surface area contributed by atoms with Crippen molar-refractivity contribution in [2.75, 3.05) is 20.3 Å².